The smallest absolute Gasteiger partial charge is 0.186 e. The first kappa shape index (κ1) is 34.1. The largest absolute Gasteiger partial charge is 0.394 e. The van der Waals surface area contributed by atoms with Gasteiger partial charge in [-0.2, -0.15) is 0 Å². The van der Waals surface area contributed by atoms with Crippen LogP contribution in [0.1, 0.15) is 106 Å². The second-order valence-electron chi connectivity index (χ2n) is 18.7. The van der Waals surface area contributed by atoms with E-state index < -0.39 is 66.1 Å². The molecule has 5 saturated carbocycles. The Bertz CT molecular complexity index is 1200. The molecule has 2 aliphatic heterocycles. The van der Waals surface area contributed by atoms with Crippen LogP contribution in [-0.4, -0.2) is 109 Å². The summed E-state index contributed by atoms with van der Waals surface area (Å²) in [6, 6.07) is 0. The highest BCUT2D eigenvalue weighted by Gasteiger charge is 2.85. The quantitative estimate of drug-likeness (QED) is 0.219. The molecule has 10 heteroatoms. The van der Waals surface area contributed by atoms with E-state index in [-0.39, 0.29) is 51.6 Å². The molecule has 0 bridgehead atoms. The van der Waals surface area contributed by atoms with Gasteiger partial charge in [0.2, 0.25) is 0 Å². The van der Waals surface area contributed by atoms with Gasteiger partial charge in [-0.3, -0.25) is 0 Å². The number of hydrogen-bond acceptors (Lipinski definition) is 10. The summed E-state index contributed by atoms with van der Waals surface area (Å²) in [7, 11) is 0. The van der Waals surface area contributed by atoms with Gasteiger partial charge in [-0.1, -0.05) is 27.7 Å². The third-order valence-electron chi connectivity index (χ3n) is 15.9. The van der Waals surface area contributed by atoms with E-state index >= 15 is 0 Å². The SMILES string of the molecule is CC(C)(O)[C@@H]1CC[C@](C)([C@H]2[C@@H](O)C[C@@]3(C)[C@@H]4C[C@H](O)C5C(C)(C)[C@@H](OC6O[C@H](CO)[C@@H](O)[C@H](O)[C@H]6O)CC[C@@]56C[C@@]46CC[C@]23C)O1. The van der Waals surface area contributed by atoms with Crippen molar-refractivity contribution in [2.75, 3.05) is 6.61 Å². The number of ether oxygens (including phenoxy) is 3. The summed E-state index contributed by atoms with van der Waals surface area (Å²) in [4.78, 5) is 0. The van der Waals surface area contributed by atoms with Crippen LogP contribution in [-0.2, 0) is 14.2 Å². The molecule has 7 fully saturated rings. The van der Waals surface area contributed by atoms with Crippen LogP contribution < -0.4 is 0 Å². The normalized spacial score (nSPS) is 59.3. The van der Waals surface area contributed by atoms with Crippen LogP contribution in [0.15, 0.2) is 0 Å². The predicted octanol–water partition coefficient (Wildman–Crippen LogP) is 2.26. The molecule has 17 atom stereocenters. The van der Waals surface area contributed by atoms with Gasteiger partial charge in [-0.25, -0.2) is 0 Å². The van der Waals surface area contributed by atoms with Crippen LogP contribution in [0.4, 0.5) is 0 Å². The fourth-order valence-electron chi connectivity index (χ4n) is 13.7. The van der Waals surface area contributed by atoms with Gasteiger partial charge in [-0.15, -0.1) is 0 Å². The minimum Gasteiger partial charge on any atom is -0.394 e. The third kappa shape index (κ3) is 4.24. The maximum absolute atomic E-state index is 12.2. The van der Waals surface area contributed by atoms with Crippen LogP contribution in [0.25, 0.3) is 0 Å². The fraction of sp³-hybridized carbons (Fsp3) is 1.00. The van der Waals surface area contributed by atoms with Crippen LogP contribution >= 0.6 is 0 Å². The summed E-state index contributed by atoms with van der Waals surface area (Å²) in [5.41, 5.74) is -2.26. The van der Waals surface area contributed by atoms with Gasteiger partial charge in [0.25, 0.3) is 0 Å². The van der Waals surface area contributed by atoms with Crippen molar-refractivity contribution in [1.82, 2.24) is 0 Å². The second-order valence-corrected chi connectivity index (χ2v) is 18.7. The topological polar surface area (TPSA) is 169 Å². The summed E-state index contributed by atoms with van der Waals surface area (Å²) in [6.07, 6.45) is -0.708. The molecule has 264 valence electrons. The van der Waals surface area contributed by atoms with Gasteiger partial charge >= 0.3 is 0 Å². The van der Waals surface area contributed by atoms with E-state index in [2.05, 4.69) is 34.6 Å². The van der Waals surface area contributed by atoms with Gasteiger partial charge in [0, 0.05) is 5.92 Å². The molecule has 2 spiro atoms. The van der Waals surface area contributed by atoms with E-state index in [9.17, 15) is 35.7 Å². The number of aliphatic hydroxyl groups is 7. The molecule has 7 N–H and O–H groups in total. The van der Waals surface area contributed by atoms with Crippen molar-refractivity contribution in [2.45, 2.75) is 173 Å². The zero-order chi connectivity index (χ0) is 33.6. The highest BCUT2D eigenvalue weighted by atomic mass is 16.7. The van der Waals surface area contributed by atoms with Gasteiger partial charge in [0.05, 0.1) is 42.2 Å². The third-order valence-corrected chi connectivity index (χ3v) is 15.9. The first-order chi connectivity index (χ1) is 21.2. The van der Waals surface area contributed by atoms with Crippen molar-refractivity contribution >= 4 is 0 Å². The Morgan fingerprint density at radius 2 is 1.48 bits per heavy atom. The first-order valence-corrected chi connectivity index (χ1v) is 17.9. The van der Waals surface area contributed by atoms with E-state index in [0.717, 1.165) is 38.5 Å². The van der Waals surface area contributed by atoms with Crippen molar-refractivity contribution in [2.24, 2.45) is 44.8 Å². The lowest BCUT2D eigenvalue weighted by atomic mass is 9.41. The Hall–Kier alpha value is -0.400. The Morgan fingerprint density at radius 3 is 2.11 bits per heavy atom. The summed E-state index contributed by atoms with van der Waals surface area (Å²) in [5.74, 6) is 0.176. The van der Waals surface area contributed by atoms with Gasteiger partial charge in [-0.05, 0) is 117 Å². The predicted molar refractivity (Wildman–Crippen MR) is 167 cm³/mol. The summed E-state index contributed by atoms with van der Waals surface area (Å²) in [6.45, 7) is 14.3. The number of aliphatic hydroxyl groups excluding tert-OH is 6. The Balaban J connectivity index is 1.15. The minimum atomic E-state index is -1.50. The van der Waals surface area contributed by atoms with Crippen molar-refractivity contribution in [3.63, 3.8) is 0 Å². The molecular weight excluding hydrogens is 592 g/mol. The zero-order valence-electron chi connectivity index (χ0n) is 28.9. The fourth-order valence-corrected chi connectivity index (χ4v) is 13.7. The van der Waals surface area contributed by atoms with Crippen molar-refractivity contribution in [3.8, 4) is 0 Å². The molecule has 0 aromatic carbocycles. The summed E-state index contributed by atoms with van der Waals surface area (Å²) < 4.78 is 18.8. The van der Waals surface area contributed by atoms with Crippen LogP contribution in [0, 0.1) is 44.8 Å². The van der Waals surface area contributed by atoms with Crippen LogP contribution in [0.5, 0.6) is 0 Å². The Labute approximate surface area is 273 Å². The molecule has 2 unspecified atom stereocenters. The van der Waals surface area contributed by atoms with Crippen LogP contribution in [0.2, 0.25) is 0 Å². The lowest BCUT2D eigenvalue weighted by Gasteiger charge is -2.64. The molecule has 0 aromatic rings. The minimum absolute atomic E-state index is 0.0295. The molecule has 0 aromatic heterocycles. The van der Waals surface area contributed by atoms with Crippen molar-refractivity contribution < 1.29 is 50.0 Å². The van der Waals surface area contributed by atoms with E-state index in [1.54, 1.807) is 0 Å². The lowest BCUT2D eigenvalue weighted by molar-refractivity contribution is -0.329. The summed E-state index contributed by atoms with van der Waals surface area (Å²) in [5, 5.41) is 75.9. The molecule has 7 aliphatic rings. The number of fused-ring (bicyclic) bond motifs is 2. The maximum atomic E-state index is 12.2. The molecule has 2 saturated heterocycles. The molecule has 5 aliphatic carbocycles. The standard InChI is InChI=1S/C36H60O10/c1-30(2)22(45-29-26(42)25(41)24(40)20(16-37)44-29)9-11-36-17-35(36)13-12-32(5)28(34(7)10-8-23(46-34)31(3,4)43)19(39)15-33(32,6)21(35)14-18(38)27(30)36/h18-29,37-43H,8-17H2,1-7H3/t18-,19-,20+,21-,22-,23-,24+,25-,26+,27?,28-,29?,32+,33-,34+,35-,36+/m0/s1. The Kier molecular flexibility index (Phi) is 7.65. The monoisotopic (exact) mass is 652 g/mol. The van der Waals surface area contributed by atoms with E-state index in [4.69, 9.17) is 14.2 Å². The highest BCUT2D eigenvalue weighted by molar-refractivity contribution is 5.33. The number of hydrogen-bond donors (Lipinski definition) is 7. The van der Waals surface area contributed by atoms with Gasteiger partial charge in [0.1, 0.15) is 24.4 Å². The van der Waals surface area contributed by atoms with Crippen molar-refractivity contribution in [3.05, 3.63) is 0 Å². The number of rotatable bonds is 5. The second kappa shape index (κ2) is 10.3. The average molecular weight is 653 g/mol. The van der Waals surface area contributed by atoms with Crippen molar-refractivity contribution in [1.29, 1.82) is 0 Å². The van der Waals surface area contributed by atoms with E-state index in [1.807, 2.05) is 13.8 Å². The average Bonchev–Trinajstić information content (AvgIpc) is 3.31. The molecule has 2 heterocycles. The van der Waals surface area contributed by atoms with E-state index in [0.29, 0.717) is 19.3 Å². The molecule has 10 nitrogen and oxygen atoms in total. The lowest BCUT2D eigenvalue weighted by Crippen LogP contribution is -2.64. The molecule has 46 heavy (non-hydrogen) atoms. The van der Waals surface area contributed by atoms with Gasteiger partial charge in [0.15, 0.2) is 6.29 Å². The molecule has 0 radical (unpaired) electrons. The highest BCUT2D eigenvalue weighted by Crippen LogP contribution is 2.89. The van der Waals surface area contributed by atoms with Crippen LogP contribution in [0.3, 0.4) is 0 Å². The Morgan fingerprint density at radius 1 is 0.783 bits per heavy atom. The molecule has 0 amide bonds. The molecule has 7 rings (SSSR count). The maximum Gasteiger partial charge on any atom is 0.186 e. The van der Waals surface area contributed by atoms with Gasteiger partial charge < -0.3 is 50.0 Å². The first-order valence-electron chi connectivity index (χ1n) is 17.9. The summed E-state index contributed by atoms with van der Waals surface area (Å²) >= 11 is 0. The molecular formula is C36H60O10. The zero-order valence-corrected chi connectivity index (χ0v) is 28.9. The van der Waals surface area contributed by atoms with E-state index in [1.165, 1.54) is 0 Å².